The zero-order valence-corrected chi connectivity index (χ0v) is 8.92. The lowest BCUT2D eigenvalue weighted by Crippen LogP contribution is -2.27. The average molecular weight is 217 g/mol. The van der Waals surface area contributed by atoms with E-state index in [2.05, 4.69) is 15.3 Å². The first-order valence-corrected chi connectivity index (χ1v) is 4.85. The molecule has 1 saturated heterocycles. The minimum Gasteiger partial charge on any atom is -0.323 e. The van der Waals surface area contributed by atoms with E-state index in [-0.39, 0.29) is 11.2 Å². The van der Waals surface area contributed by atoms with Gasteiger partial charge in [-0.2, -0.15) is 0 Å². The summed E-state index contributed by atoms with van der Waals surface area (Å²) in [4.78, 5) is 27.8. The molecule has 0 aromatic heterocycles. The van der Waals surface area contributed by atoms with Crippen molar-refractivity contribution >= 4 is 28.9 Å². The third kappa shape index (κ3) is 2.16. The molecular weight excluding hydrogens is 206 g/mol. The SMILES string of the molecule is CNC(=O)ON=C1SC(C)C(=O)N1C. The molecule has 1 atom stereocenters. The average Bonchev–Trinajstić information content (AvgIpc) is 2.42. The summed E-state index contributed by atoms with van der Waals surface area (Å²) in [6, 6.07) is 0. The molecule has 6 nitrogen and oxygen atoms in total. The molecule has 2 amide bonds. The van der Waals surface area contributed by atoms with Crippen LogP contribution in [0.1, 0.15) is 6.92 Å². The predicted octanol–water partition coefficient (Wildman–Crippen LogP) is 0.207. The van der Waals surface area contributed by atoms with Crippen LogP contribution in [-0.2, 0) is 9.63 Å². The van der Waals surface area contributed by atoms with Crippen molar-refractivity contribution in [2.75, 3.05) is 14.1 Å². The summed E-state index contributed by atoms with van der Waals surface area (Å²) in [5.41, 5.74) is 0. The fraction of sp³-hybridized carbons (Fsp3) is 0.571. The van der Waals surface area contributed by atoms with Gasteiger partial charge < -0.3 is 5.32 Å². The molecule has 0 bridgehead atoms. The second-order valence-electron chi connectivity index (χ2n) is 2.66. The Labute approximate surface area is 85.6 Å². The molecule has 1 fully saturated rings. The summed E-state index contributed by atoms with van der Waals surface area (Å²) in [6.45, 7) is 1.77. The lowest BCUT2D eigenvalue weighted by Gasteiger charge is -2.06. The normalized spacial score (nSPS) is 24.2. The molecule has 0 spiro atoms. The van der Waals surface area contributed by atoms with Crippen molar-refractivity contribution in [3.8, 4) is 0 Å². The highest BCUT2D eigenvalue weighted by Gasteiger charge is 2.32. The van der Waals surface area contributed by atoms with Gasteiger partial charge in [0.1, 0.15) is 0 Å². The Hall–Kier alpha value is -1.24. The third-order valence-corrected chi connectivity index (χ3v) is 2.77. The molecule has 0 aliphatic carbocycles. The highest BCUT2D eigenvalue weighted by atomic mass is 32.2. The number of hydrogen-bond donors (Lipinski definition) is 1. The molecule has 1 rings (SSSR count). The van der Waals surface area contributed by atoms with Crippen LogP contribution in [0.15, 0.2) is 5.16 Å². The Balaban J connectivity index is 2.62. The molecule has 1 aliphatic rings. The standard InChI is InChI=1S/C7H11N3O3S/c1-4-5(11)10(3)6(14-4)9-13-7(12)8-2/h4H,1-3H3,(H,8,12). The molecule has 14 heavy (non-hydrogen) atoms. The summed E-state index contributed by atoms with van der Waals surface area (Å²) in [7, 11) is 3.02. The van der Waals surface area contributed by atoms with Crippen molar-refractivity contribution in [1.29, 1.82) is 0 Å². The first-order chi connectivity index (χ1) is 6.56. The number of nitrogens with one attached hydrogen (secondary N) is 1. The van der Waals surface area contributed by atoms with Crippen LogP contribution in [0.2, 0.25) is 0 Å². The van der Waals surface area contributed by atoms with Gasteiger partial charge in [0.25, 0.3) is 0 Å². The summed E-state index contributed by atoms with van der Waals surface area (Å²) in [5, 5.41) is 6.01. The Morgan fingerprint density at radius 1 is 1.71 bits per heavy atom. The molecular formula is C7H11N3O3S. The predicted molar refractivity (Wildman–Crippen MR) is 52.8 cm³/mol. The number of thioether (sulfide) groups is 1. The Bertz CT molecular complexity index is 292. The van der Waals surface area contributed by atoms with Crippen molar-refractivity contribution in [2.45, 2.75) is 12.2 Å². The second kappa shape index (κ2) is 4.32. The highest BCUT2D eigenvalue weighted by molar-refractivity contribution is 8.15. The number of rotatable bonds is 1. The van der Waals surface area contributed by atoms with Crippen molar-refractivity contribution in [1.82, 2.24) is 10.2 Å². The van der Waals surface area contributed by atoms with E-state index in [0.29, 0.717) is 5.17 Å². The number of nitrogens with zero attached hydrogens (tertiary/aromatic N) is 2. The Morgan fingerprint density at radius 2 is 2.36 bits per heavy atom. The smallest absolute Gasteiger partial charge is 0.323 e. The number of hydrogen-bond acceptors (Lipinski definition) is 5. The molecule has 0 saturated carbocycles. The van der Waals surface area contributed by atoms with E-state index < -0.39 is 6.09 Å². The van der Waals surface area contributed by atoms with Crippen LogP contribution in [0.4, 0.5) is 4.79 Å². The van der Waals surface area contributed by atoms with Crippen LogP contribution in [-0.4, -0.2) is 41.4 Å². The minimum atomic E-state index is -0.654. The first-order valence-electron chi connectivity index (χ1n) is 3.97. The number of amides is 2. The summed E-state index contributed by atoms with van der Waals surface area (Å²) < 4.78 is 0. The van der Waals surface area contributed by atoms with Gasteiger partial charge in [-0.05, 0) is 12.1 Å². The number of carbonyl (C=O) groups excluding carboxylic acids is 2. The van der Waals surface area contributed by atoms with Crippen LogP contribution in [0.5, 0.6) is 0 Å². The van der Waals surface area contributed by atoms with Gasteiger partial charge in [0, 0.05) is 14.1 Å². The fourth-order valence-corrected chi connectivity index (χ4v) is 1.77. The molecule has 0 aromatic rings. The maximum absolute atomic E-state index is 11.3. The summed E-state index contributed by atoms with van der Waals surface area (Å²) in [6.07, 6.45) is -0.654. The lowest BCUT2D eigenvalue weighted by molar-refractivity contribution is -0.125. The van der Waals surface area contributed by atoms with Crippen LogP contribution in [0.3, 0.4) is 0 Å². The summed E-state index contributed by atoms with van der Waals surface area (Å²) >= 11 is 1.26. The maximum atomic E-state index is 11.3. The van der Waals surface area contributed by atoms with Gasteiger partial charge >= 0.3 is 6.09 Å². The maximum Gasteiger partial charge on any atom is 0.433 e. The van der Waals surface area contributed by atoms with Crippen molar-refractivity contribution < 1.29 is 14.4 Å². The van der Waals surface area contributed by atoms with Gasteiger partial charge in [-0.25, -0.2) is 4.79 Å². The van der Waals surface area contributed by atoms with Crippen LogP contribution in [0, 0.1) is 0 Å². The zero-order chi connectivity index (χ0) is 10.7. The molecule has 7 heteroatoms. The largest absolute Gasteiger partial charge is 0.433 e. The van der Waals surface area contributed by atoms with Crippen LogP contribution >= 0.6 is 11.8 Å². The van der Waals surface area contributed by atoms with Gasteiger partial charge in [-0.1, -0.05) is 11.8 Å². The van der Waals surface area contributed by atoms with E-state index in [0.717, 1.165) is 0 Å². The summed E-state index contributed by atoms with van der Waals surface area (Å²) in [5.74, 6) is -0.0470. The molecule has 1 heterocycles. The van der Waals surface area contributed by atoms with E-state index in [1.807, 2.05) is 0 Å². The number of carbonyl (C=O) groups is 2. The topological polar surface area (TPSA) is 71.0 Å². The number of oxime groups is 1. The highest BCUT2D eigenvalue weighted by Crippen LogP contribution is 2.25. The van der Waals surface area contributed by atoms with Crippen molar-refractivity contribution in [3.05, 3.63) is 0 Å². The first kappa shape index (κ1) is 10.8. The molecule has 1 aliphatic heterocycles. The Kier molecular flexibility index (Phi) is 3.34. The van der Waals surface area contributed by atoms with Gasteiger partial charge in [0.2, 0.25) is 11.1 Å². The Morgan fingerprint density at radius 3 is 2.79 bits per heavy atom. The van der Waals surface area contributed by atoms with Gasteiger partial charge in [0.15, 0.2) is 0 Å². The van der Waals surface area contributed by atoms with Gasteiger partial charge in [-0.15, -0.1) is 0 Å². The molecule has 1 unspecified atom stereocenters. The van der Waals surface area contributed by atoms with Crippen molar-refractivity contribution in [3.63, 3.8) is 0 Å². The minimum absolute atomic E-state index is 0.0470. The zero-order valence-electron chi connectivity index (χ0n) is 8.10. The van der Waals surface area contributed by atoms with E-state index >= 15 is 0 Å². The molecule has 0 aromatic carbocycles. The van der Waals surface area contributed by atoms with Crippen LogP contribution < -0.4 is 5.32 Å². The third-order valence-electron chi connectivity index (χ3n) is 1.66. The molecule has 78 valence electrons. The molecule has 0 radical (unpaired) electrons. The van der Waals surface area contributed by atoms with E-state index in [4.69, 9.17) is 0 Å². The van der Waals surface area contributed by atoms with Gasteiger partial charge in [0.05, 0.1) is 5.25 Å². The lowest BCUT2D eigenvalue weighted by atomic mass is 10.4. The number of amidine groups is 1. The molecule has 1 N–H and O–H groups in total. The monoisotopic (exact) mass is 217 g/mol. The van der Waals surface area contributed by atoms with E-state index in [9.17, 15) is 9.59 Å². The van der Waals surface area contributed by atoms with Crippen molar-refractivity contribution in [2.24, 2.45) is 5.16 Å². The van der Waals surface area contributed by atoms with Crippen LogP contribution in [0.25, 0.3) is 0 Å². The van der Waals surface area contributed by atoms with E-state index in [1.54, 1.807) is 14.0 Å². The quantitative estimate of drug-likeness (QED) is 0.503. The fourth-order valence-electron chi connectivity index (χ4n) is 0.863. The van der Waals surface area contributed by atoms with Gasteiger partial charge in [-0.3, -0.25) is 14.5 Å². The second-order valence-corrected chi connectivity index (χ2v) is 3.97. The van der Waals surface area contributed by atoms with E-state index in [1.165, 1.54) is 23.7 Å².